The Labute approximate surface area is 94.2 Å². The molecule has 0 aliphatic heterocycles. The first kappa shape index (κ1) is 10.5. The van der Waals surface area contributed by atoms with E-state index in [1.165, 1.54) is 0 Å². The van der Waals surface area contributed by atoms with Crippen molar-refractivity contribution in [2.75, 3.05) is 26.6 Å². The van der Waals surface area contributed by atoms with Crippen molar-refractivity contribution >= 4 is 16.6 Å². The minimum Gasteiger partial charge on any atom is -0.493 e. The van der Waals surface area contributed by atoms with Crippen molar-refractivity contribution in [3.63, 3.8) is 0 Å². The average Bonchev–Trinajstić information content (AvgIpc) is 2.36. The summed E-state index contributed by atoms with van der Waals surface area (Å²) in [6.45, 7) is 0. The first-order valence-corrected chi connectivity index (χ1v) is 4.99. The molecule has 2 rings (SSSR count). The second-order valence-electron chi connectivity index (χ2n) is 3.31. The Kier molecular flexibility index (Phi) is 2.81. The Balaban J connectivity index is 2.78. The van der Waals surface area contributed by atoms with E-state index in [1.54, 1.807) is 20.4 Å². The van der Waals surface area contributed by atoms with E-state index in [-0.39, 0.29) is 0 Å². The van der Waals surface area contributed by atoms with Gasteiger partial charge in [0.25, 0.3) is 0 Å². The highest BCUT2D eigenvalue weighted by Crippen LogP contribution is 2.36. The minimum absolute atomic E-state index is 0.725. The van der Waals surface area contributed by atoms with E-state index in [0.717, 1.165) is 28.1 Å². The summed E-state index contributed by atoms with van der Waals surface area (Å²) in [6, 6.07) is 5.76. The summed E-state index contributed by atoms with van der Waals surface area (Å²) in [5, 5.41) is 5.05. The third kappa shape index (κ3) is 1.52. The smallest absolute Gasteiger partial charge is 0.168 e. The van der Waals surface area contributed by atoms with E-state index in [2.05, 4.69) is 10.3 Å². The monoisotopic (exact) mass is 218 g/mol. The van der Waals surface area contributed by atoms with Crippen molar-refractivity contribution < 1.29 is 9.47 Å². The molecular weight excluding hydrogens is 204 g/mol. The van der Waals surface area contributed by atoms with Crippen LogP contribution in [0.25, 0.3) is 10.8 Å². The van der Waals surface area contributed by atoms with Gasteiger partial charge in [0.15, 0.2) is 11.5 Å². The normalized spacial score (nSPS) is 10.2. The fourth-order valence-corrected chi connectivity index (χ4v) is 1.78. The van der Waals surface area contributed by atoms with Crippen LogP contribution >= 0.6 is 0 Å². The molecule has 0 saturated carbocycles. The molecule has 0 spiro atoms. The predicted molar refractivity (Wildman–Crippen MR) is 64.4 cm³/mol. The van der Waals surface area contributed by atoms with Crippen LogP contribution in [0.5, 0.6) is 11.5 Å². The number of benzene rings is 1. The molecule has 4 heteroatoms. The first-order valence-electron chi connectivity index (χ1n) is 4.99. The van der Waals surface area contributed by atoms with Gasteiger partial charge in [-0.1, -0.05) is 0 Å². The zero-order valence-electron chi connectivity index (χ0n) is 9.57. The Hall–Kier alpha value is -1.97. The molecule has 0 aliphatic carbocycles. The van der Waals surface area contributed by atoms with E-state index in [1.807, 2.05) is 25.2 Å². The number of nitrogens with one attached hydrogen (secondary N) is 1. The van der Waals surface area contributed by atoms with Crippen molar-refractivity contribution in [2.24, 2.45) is 0 Å². The fourth-order valence-electron chi connectivity index (χ4n) is 1.78. The summed E-state index contributed by atoms with van der Waals surface area (Å²) in [6.07, 6.45) is 1.75. The lowest BCUT2D eigenvalue weighted by atomic mass is 10.1. The lowest BCUT2D eigenvalue weighted by Gasteiger charge is -2.12. The van der Waals surface area contributed by atoms with Gasteiger partial charge in [-0.05, 0) is 18.2 Å². The Morgan fingerprint density at radius 3 is 2.50 bits per heavy atom. The van der Waals surface area contributed by atoms with Crippen molar-refractivity contribution in [1.29, 1.82) is 0 Å². The van der Waals surface area contributed by atoms with Gasteiger partial charge >= 0.3 is 0 Å². The van der Waals surface area contributed by atoms with Gasteiger partial charge in [-0.3, -0.25) is 0 Å². The Bertz CT molecular complexity index is 512. The number of methoxy groups -OCH3 is 2. The molecule has 0 amide bonds. The summed E-state index contributed by atoms with van der Waals surface area (Å²) in [4.78, 5) is 4.25. The highest BCUT2D eigenvalue weighted by Gasteiger charge is 2.10. The van der Waals surface area contributed by atoms with E-state index in [4.69, 9.17) is 9.47 Å². The maximum absolute atomic E-state index is 5.37. The van der Waals surface area contributed by atoms with Crippen molar-refractivity contribution in [3.8, 4) is 11.5 Å². The number of nitrogens with zero attached hydrogens (tertiary/aromatic N) is 1. The summed E-state index contributed by atoms with van der Waals surface area (Å²) in [5.41, 5.74) is 0. The Morgan fingerprint density at radius 1 is 1.06 bits per heavy atom. The van der Waals surface area contributed by atoms with Gasteiger partial charge in [-0.25, -0.2) is 4.98 Å². The third-order valence-corrected chi connectivity index (χ3v) is 2.52. The molecule has 0 radical (unpaired) electrons. The second-order valence-corrected chi connectivity index (χ2v) is 3.31. The zero-order valence-corrected chi connectivity index (χ0v) is 9.57. The maximum Gasteiger partial charge on any atom is 0.168 e. The number of fused-ring (bicyclic) bond motifs is 1. The van der Waals surface area contributed by atoms with Gasteiger partial charge in [0.2, 0.25) is 0 Å². The zero-order chi connectivity index (χ0) is 11.5. The molecule has 1 aromatic heterocycles. The molecule has 0 bridgehead atoms. The number of hydrogen-bond donors (Lipinski definition) is 1. The molecule has 0 saturated heterocycles. The highest BCUT2D eigenvalue weighted by molar-refractivity contribution is 5.97. The molecule has 0 fully saturated rings. The molecule has 1 heterocycles. The lowest BCUT2D eigenvalue weighted by Crippen LogP contribution is -1.96. The summed E-state index contributed by atoms with van der Waals surface area (Å²) < 4.78 is 10.6. The van der Waals surface area contributed by atoms with Crippen LogP contribution in [-0.2, 0) is 0 Å². The van der Waals surface area contributed by atoms with E-state index < -0.39 is 0 Å². The molecule has 1 N–H and O–H groups in total. The van der Waals surface area contributed by atoms with Crippen LogP contribution in [0.15, 0.2) is 24.4 Å². The first-order chi connectivity index (χ1) is 7.81. The number of pyridine rings is 1. The molecule has 0 aliphatic rings. The number of hydrogen-bond acceptors (Lipinski definition) is 4. The number of rotatable bonds is 3. The van der Waals surface area contributed by atoms with Gasteiger partial charge in [0, 0.05) is 24.0 Å². The molecule has 0 atom stereocenters. The van der Waals surface area contributed by atoms with E-state index in [9.17, 15) is 0 Å². The van der Waals surface area contributed by atoms with Gasteiger partial charge in [-0.2, -0.15) is 0 Å². The molecule has 2 aromatic rings. The molecule has 84 valence electrons. The van der Waals surface area contributed by atoms with Crippen LogP contribution in [0.2, 0.25) is 0 Å². The number of aromatic nitrogens is 1. The van der Waals surface area contributed by atoms with E-state index in [0.29, 0.717) is 0 Å². The number of anilines is 1. The van der Waals surface area contributed by atoms with Gasteiger partial charge in [0.05, 0.1) is 14.2 Å². The summed E-state index contributed by atoms with van der Waals surface area (Å²) in [5.74, 6) is 2.29. The standard InChI is InChI=1S/C12H14N2O2/c1-13-12-9-4-5-10(15-2)11(16-3)8(9)6-7-14-12/h4-7H,1-3H3,(H,13,14). The third-order valence-electron chi connectivity index (χ3n) is 2.52. The van der Waals surface area contributed by atoms with Crippen molar-refractivity contribution in [1.82, 2.24) is 4.98 Å². The Morgan fingerprint density at radius 2 is 1.88 bits per heavy atom. The minimum atomic E-state index is 0.725. The van der Waals surface area contributed by atoms with Crippen LogP contribution in [-0.4, -0.2) is 26.3 Å². The second kappa shape index (κ2) is 4.26. The van der Waals surface area contributed by atoms with Crippen LogP contribution in [0.3, 0.4) is 0 Å². The van der Waals surface area contributed by atoms with Crippen LogP contribution < -0.4 is 14.8 Å². The molecule has 4 nitrogen and oxygen atoms in total. The quantitative estimate of drug-likeness (QED) is 0.858. The highest BCUT2D eigenvalue weighted by atomic mass is 16.5. The molecule has 0 unspecified atom stereocenters. The maximum atomic E-state index is 5.37. The van der Waals surface area contributed by atoms with Gasteiger partial charge < -0.3 is 14.8 Å². The SMILES string of the molecule is CNc1nccc2c(OC)c(OC)ccc12. The fraction of sp³-hybridized carbons (Fsp3) is 0.250. The summed E-state index contributed by atoms with van der Waals surface area (Å²) in [7, 11) is 5.11. The van der Waals surface area contributed by atoms with E-state index >= 15 is 0 Å². The molecular formula is C12H14N2O2. The lowest BCUT2D eigenvalue weighted by molar-refractivity contribution is 0.358. The predicted octanol–water partition coefficient (Wildman–Crippen LogP) is 2.29. The van der Waals surface area contributed by atoms with Crippen molar-refractivity contribution in [3.05, 3.63) is 24.4 Å². The largest absolute Gasteiger partial charge is 0.493 e. The van der Waals surface area contributed by atoms with Crippen molar-refractivity contribution in [2.45, 2.75) is 0 Å². The van der Waals surface area contributed by atoms with Gasteiger partial charge in [0.1, 0.15) is 5.82 Å². The number of ether oxygens (including phenoxy) is 2. The van der Waals surface area contributed by atoms with Gasteiger partial charge in [-0.15, -0.1) is 0 Å². The average molecular weight is 218 g/mol. The van der Waals surface area contributed by atoms with Crippen LogP contribution in [0.4, 0.5) is 5.82 Å². The molecule has 1 aromatic carbocycles. The topological polar surface area (TPSA) is 43.4 Å². The molecule has 16 heavy (non-hydrogen) atoms. The van der Waals surface area contributed by atoms with Crippen LogP contribution in [0.1, 0.15) is 0 Å². The van der Waals surface area contributed by atoms with Crippen LogP contribution in [0, 0.1) is 0 Å². The summed E-state index contributed by atoms with van der Waals surface area (Å²) >= 11 is 0.